The second-order valence-electron chi connectivity index (χ2n) is 3.88. The second kappa shape index (κ2) is 3.55. The first-order valence-electron chi connectivity index (χ1n) is 4.87. The van der Waals surface area contributed by atoms with E-state index in [0.717, 1.165) is 39.0 Å². The van der Waals surface area contributed by atoms with Crippen molar-refractivity contribution in [1.82, 2.24) is 9.62 Å². The molecule has 2 fully saturated rings. The van der Waals surface area contributed by atoms with Crippen LogP contribution in [-0.4, -0.2) is 44.7 Å². The highest BCUT2D eigenvalue weighted by molar-refractivity contribution is 7.89. The molecule has 0 radical (unpaired) electrons. The summed E-state index contributed by atoms with van der Waals surface area (Å²) in [5, 5.41) is 3.15. The van der Waals surface area contributed by atoms with Crippen LogP contribution in [0.3, 0.4) is 0 Å². The number of sulfonamides is 1. The van der Waals surface area contributed by atoms with E-state index in [-0.39, 0.29) is 0 Å². The number of rotatable bonds is 4. The Labute approximate surface area is 79.4 Å². The standard InChI is InChI=1S/C8H16N2O2S/c11-13(12,10-3-1-4-10)5-2-8-6-9-7-8/h8-9H,1-7H2. The molecule has 0 aromatic heterocycles. The minimum Gasteiger partial charge on any atom is -0.316 e. The molecule has 0 aliphatic carbocycles. The number of nitrogens with one attached hydrogen (secondary N) is 1. The molecule has 1 N–H and O–H groups in total. The lowest BCUT2D eigenvalue weighted by Crippen LogP contribution is -2.46. The molecular formula is C8H16N2O2S. The highest BCUT2D eigenvalue weighted by Crippen LogP contribution is 2.16. The maximum atomic E-state index is 11.6. The largest absolute Gasteiger partial charge is 0.316 e. The Morgan fingerprint density at radius 3 is 2.38 bits per heavy atom. The quantitative estimate of drug-likeness (QED) is 0.680. The third-order valence-corrected chi connectivity index (χ3v) is 4.76. The molecule has 4 nitrogen and oxygen atoms in total. The van der Waals surface area contributed by atoms with Crippen molar-refractivity contribution in [2.45, 2.75) is 12.8 Å². The highest BCUT2D eigenvalue weighted by Gasteiger charge is 2.28. The average Bonchev–Trinajstić information content (AvgIpc) is 1.76. The van der Waals surface area contributed by atoms with E-state index in [2.05, 4.69) is 5.32 Å². The molecule has 76 valence electrons. The molecule has 0 saturated carbocycles. The minimum atomic E-state index is -2.89. The lowest BCUT2D eigenvalue weighted by molar-refractivity contribution is 0.301. The van der Waals surface area contributed by atoms with Gasteiger partial charge in [0.15, 0.2) is 0 Å². The van der Waals surface area contributed by atoms with Crippen molar-refractivity contribution in [2.24, 2.45) is 5.92 Å². The van der Waals surface area contributed by atoms with Crippen LogP contribution in [0.25, 0.3) is 0 Å². The number of hydrogen-bond donors (Lipinski definition) is 1. The maximum Gasteiger partial charge on any atom is 0.214 e. The molecule has 13 heavy (non-hydrogen) atoms. The molecule has 0 bridgehead atoms. The fraction of sp³-hybridized carbons (Fsp3) is 1.00. The van der Waals surface area contributed by atoms with Gasteiger partial charge in [0, 0.05) is 13.1 Å². The predicted molar refractivity (Wildman–Crippen MR) is 51.0 cm³/mol. The zero-order valence-corrected chi connectivity index (χ0v) is 8.52. The van der Waals surface area contributed by atoms with Crippen LogP contribution >= 0.6 is 0 Å². The van der Waals surface area contributed by atoms with E-state index in [9.17, 15) is 8.42 Å². The predicted octanol–water partition coefficient (Wildman–Crippen LogP) is -0.369. The molecule has 2 saturated heterocycles. The zero-order valence-electron chi connectivity index (χ0n) is 7.70. The van der Waals surface area contributed by atoms with E-state index in [0.29, 0.717) is 11.7 Å². The summed E-state index contributed by atoms with van der Waals surface area (Å²) in [5.74, 6) is 0.940. The lowest BCUT2D eigenvalue weighted by Gasteiger charge is -2.32. The van der Waals surface area contributed by atoms with E-state index in [4.69, 9.17) is 0 Å². The number of hydrogen-bond acceptors (Lipinski definition) is 3. The summed E-state index contributed by atoms with van der Waals surface area (Å²) in [5.41, 5.74) is 0. The summed E-state index contributed by atoms with van der Waals surface area (Å²) in [4.78, 5) is 0. The Morgan fingerprint density at radius 1 is 1.31 bits per heavy atom. The third-order valence-electron chi connectivity index (χ3n) is 2.86. The van der Waals surface area contributed by atoms with Gasteiger partial charge >= 0.3 is 0 Å². The molecular weight excluding hydrogens is 188 g/mol. The summed E-state index contributed by atoms with van der Waals surface area (Å²) in [6.45, 7) is 3.47. The topological polar surface area (TPSA) is 49.4 Å². The SMILES string of the molecule is O=S(=O)(CCC1CNC1)N1CCC1. The second-order valence-corrected chi connectivity index (χ2v) is 5.97. The molecule has 0 unspecified atom stereocenters. The van der Waals surface area contributed by atoms with Crippen molar-refractivity contribution in [3.63, 3.8) is 0 Å². The molecule has 0 aromatic rings. The third kappa shape index (κ3) is 2.03. The van der Waals surface area contributed by atoms with Crippen molar-refractivity contribution >= 4 is 10.0 Å². The Balaban J connectivity index is 1.78. The first-order valence-corrected chi connectivity index (χ1v) is 6.48. The molecule has 0 aromatic carbocycles. The van der Waals surface area contributed by atoms with Gasteiger partial charge in [0.1, 0.15) is 0 Å². The van der Waals surface area contributed by atoms with E-state index >= 15 is 0 Å². The normalized spacial score (nSPS) is 25.2. The smallest absolute Gasteiger partial charge is 0.214 e. The highest BCUT2D eigenvalue weighted by atomic mass is 32.2. The monoisotopic (exact) mass is 204 g/mol. The van der Waals surface area contributed by atoms with E-state index in [1.54, 1.807) is 4.31 Å². The summed E-state index contributed by atoms with van der Waals surface area (Å²) in [7, 11) is -2.89. The molecule has 2 aliphatic heterocycles. The fourth-order valence-corrected chi connectivity index (χ4v) is 3.27. The van der Waals surface area contributed by atoms with Gasteiger partial charge in [0.2, 0.25) is 10.0 Å². The van der Waals surface area contributed by atoms with Crippen molar-refractivity contribution < 1.29 is 8.42 Å². The van der Waals surface area contributed by atoms with Crippen molar-refractivity contribution in [3.05, 3.63) is 0 Å². The van der Waals surface area contributed by atoms with Gasteiger partial charge in [0.05, 0.1) is 5.75 Å². The first-order chi connectivity index (χ1) is 6.18. The van der Waals surface area contributed by atoms with Crippen molar-refractivity contribution in [1.29, 1.82) is 0 Å². The van der Waals surface area contributed by atoms with E-state index in [1.807, 2.05) is 0 Å². The molecule has 0 amide bonds. The summed E-state index contributed by atoms with van der Waals surface area (Å²) >= 11 is 0. The van der Waals surface area contributed by atoms with E-state index < -0.39 is 10.0 Å². The van der Waals surface area contributed by atoms with E-state index in [1.165, 1.54) is 0 Å². The van der Waals surface area contributed by atoms with Gasteiger partial charge in [-0.15, -0.1) is 0 Å². The molecule has 0 spiro atoms. The van der Waals surface area contributed by atoms with Gasteiger partial charge in [0.25, 0.3) is 0 Å². The molecule has 5 heteroatoms. The van der Waals surface area contributed by atoms with Crippen LogP contribution in [0, 0.1) is 5.92 Å². The molecule has 2 aliphatic rings. The summed E-state index contributed by atoms with van der Waals surface area (Å²) in [6, 6.07) is 0. The Kier molecular flexibility index (Phi) is 2.58. The van der Waals surface area contributed by atoms with Gasteiger partial charge in [-0.05, 0) is 31.8 Å². The van der Waals surface area contributed by atoms with Gasteiger partial charge in [-0.3, -0.25) is 0 Å². The first kappa shape index (κ1) is 9.43. The molecule has 2 rings (SSSR count). The van der Waals surface area contributed by atoms with Gasteiger partial charge in [-0.25, -0.2) is 12.7 Å². The maximum absolute atomic E-state index is 11.6. The van der Waals surface area contributed by atoms with Gasteiger partial charge < -0.3 is 5.32 Å². The van der Waals surface area contributed by atoms with Gasteiger partial charge in [-0.2, -0.15) is 0 Å². The van der Waals surface area contributed by atoms with Crippen molar-refractivity contribution in [2.75, 3.05) is 31.9 Å². The van der Waals surface area contributed by atoms with Crippen LogP contribution in [0.2, 0.25) is 0 Å². The van der Waals surface area contributed by atoms with Crippen LogP contribution in [0.1, 0.15) is 12.8 Å². The minimum absolute atomic E-state index is 0.347. The van der Waals surface area contributed by atoms with Crippen LogP contribution in [0.4, 0.5) is 0 Å². The summed E-state index contributed by atoms with van der Waals surface area (Å²) in [6.07, 6.45) is 1.86. The van der Waals surface area contributed by atoms with Crippen LogP contribution in [0.15, 0.2) is 0 Å². The summed E-state index contributed by atoms with van der Waals surface area (Å²) < 4.78 is 24.7. The average molecular weight is 204 g/mol. The fourth-order valence-electron chi connectivity index (χ4n) is 1.56. The molecule has 0 atom stereocenters. The Bertz CT molecular complexity index is 268. The lowest BCUT2D eigenvalue weighted by atomic mass is 10.0. The van der Waals surface area contributed by atoms with Crippen LogP contribution in [-0.2, 0) is 10.0 Å². The number of nitrogens with zero attached hydrogens (tertiary/aromatic N) is 1. The molecule has 2 heterocycles. The van der Waals surface area contributed by atoms with Gasteiger partial charge in [-0.1, -0.05) is 0 Å². The Hall–Kier alpha value is -0.130. The Morgan fingerprint density at radius 2 is 2.00 bits per heavy atom. The zero-order chi connectivity index (χ0) is 9.31. The van der Waals surface area contributed by atoms with Crippen molar-refractivity contribution in [3.8, 4) is 0 Å². The van der Waals surface area contributed by atoms with Crippen LogP contribution < -0.4 is 5.32 Å². The van der Waals surface area contributed by atoms with Crippen LogP contribution in [0.5, 0.6) is 0 Å².